The standard InChI is InChI=1S/C25H28O10/c1-4-5-6-7-8-9-17-10-20(25(30)31)19-12-22(35-24(29)14-33-16(3)27)21(11-18(17)19)34-23(28)13-32-15(2)26/h9-12H,4-8,13-14H2,1-3H3,(H,30,31)/b17-9+. The Kier molecular flexibility index (Phi) is 10.2. The lowest BCUT2D eigenvalue weighted by Gasteiger charge is -2.14. The number of carboxylic acids is 1. The molecule has 0 bridgehead atoms. The monoisotopic (exact) mass is 488 g/mol. The summed E-state index contributed by atoms with van der Waals surface area (Å²) >= 11 is 0. The van der Waals surface area contributed by atoms with Crippen molar-refractivity contribution in [2.24, 2.45) is 0 Å². The summed E-state index contributed by atoms with van der Waals surface area (Å²) in [5, 5.41) is 9.68. The number of ether oxygens (including phenoxy) is 4. The van der Waals surface area contributed by atoms with Gasteiger partial charge in [0.25, 0.3) is 0 Å². The second-order valence-electron chi connectivity index (χ2n) is 7.73. The number of esters is 4. The van der Waals surface area contributed by atoms with E-state index in [4.69, 9.17) is 9.47 Å². The molecule has 1 aromatic rings. The zero-order valence-electron chi connectivity index (χ0n) is 19.9. The topological polar surface area (TPSA) is 143 Å². The van der Waals surface area contributed by atoms with Gasteiger partial charge in [0.05, 0.1) is 5.57 Å². The van der Waals surface area contributed by atoms with Crippen molar-refractivity contribution in [3.8, 4) is 11.5 Å². The minimum Gasteiger partial charge on any atom is -0.478 e. The summed E-state index contributed by atoms with van der Waals surface area (Å²) in [5.41, 5.74) is 1.36. The van der Waals surface area contributed by atoms with E-state index < -0.39 is 43.1 Å². The van der Waals surface area contributed by atoms with Crippen LogP contribution in [0.25, 0.3) is 11.1 Å². The molecule has 0 amide bonds. The predicted octanol–water partition coefficient (Wildman–Crippen LogP) is 3.46. The van der Waals surface area contributed by atoms with Crippen LogP contribution in [0.4, 0.5) is 0 Å². The molecule has 35 heavy (non-hydrogen) atoms. The molecule has 0 radical (unpaired) electrons. The fraction of sp³-hybridized carbons (Fsp3) is 0.400. The molecular formula is C25H28O10. The summed E-state index contributed by atoms with van der Waals surface area (Å²) in [6.45, 7) is 2.98. The van der Waals surface area contributed by atoms with Gasteiger partial charge in [-0.3, -0.25) is 9.59 Å². The molecule has 0 aliphatic heterocycles. The molecule has 10 heteroatoms. The average molecular weight is 488 g/mol. The maximum Gasteiger partial charge on any atom is 0.349 e. The summed E-state index contributed by atoms with van der Waals surface area (Å²) in [6, 6.07) is 2.66. The molecule has 10 nitrogen and oxygen atoms in total. The lowest BCUT2D eigenvalue weighted by molar-refractivity contribution is -0.153. The highest BCUT2D eigenvalue weighted by Gasteiger charge is 2.28. The van der Waals surface area contributed by atoms with Crippen LogP contribution in [0, 0.1) is 0 Å². The molecule has 0 spiro atoms. The summed E-state index contributed by atoms with van der Waals surface area (Å²) in [7, 11) is 0. The molecule has 1 aliphatic rings. The fourth-order valence-corrected chi connectivity index (χ4v) is 3.29. The summed E-state index contributed by atoms with van der Waals surface area (Å²) in [6.07, 6.45) is 8.28. The zero-order valence-corrected chi connectivity index (χ0v) is 19.9. The van der Waals surface area contributed by atoms with Gasteiger partial charge in [-0.05, 0) is 42.2 Å². The van der Waals surface area contributed by atoms with Crippen molar-refractivity contribution >= 4 is 41.0 Å². The van der Waals surface area contributed by atoms with Gasteiger partial charge in [0.2, 0.25) is 0 Å². The zero-order chi connectivity index (χ0) is 26.0. The van der Waals surface area contributed by atoms with E-state index in [1.165, 1.54) is 18.2 Å². The maximum atomic E-state index is 12.2. The molecule has 188 valence electrons. The highest BCUT2D eigenvalue weighted by Crippen LogP contribution is 2.42. The molecule has 0 aromatic heterocycles. The molecule has 0 saturated carbocycles. The van der Waals surface area contributed by atoms with Crippen molar-refractivity contribution in [1.29, 1.82) is 0 Å². The number of fused-ring (bicyclic) bond motifs is 1. The van der Waals surface area contributed by atoms with Crippen molar-refractivity contribution in [1.82, 2.24) is 0 Å². The predicted molar refractivity (Wildman–Crippen MR) is 123 cm³/mol. The second-order valence-corrected chi connectivity index (χ2v) is 7.73. The lowest BCUT2D eigenvalue weighted by Crippen LogP contribution is -2.20. The van der Waals surface area contributed by atoms with Crippen molar-refractivity contribution in [2.75, 3.05) is 13.2 Å². The van der Waals surface area contributed by atoms with Crippen molar-refractivity contribution in [3.05, 3.63) is 35.4 Å². The maximum absolute atomic E-state index is 12.2. The van der Waals surface area contributed by atoms with Gasteiger partial charge < -0.3 is 24.1 Å². The number of benzene rings is 1. The number of allylic oxidation sites excluding steroid dienone is 3. The number of aliphatic carboxylic acids is 1. The molecule has 0 heterocycles. The Morgan fingerprint density at radius 3 is 1.86 bits per heavy atom. The SMILES string of the molecule is CCCCCC/C=C1\C=C(C(=O)O)c2cc(OC(=O)COC(C)=O)c(OC(=O)COC(C)=O)cc21. The van der Waals surface area contributed by atoms with Crippen LogP contribution in [-0.2, 0) is 33.4 Å². The van der Waals surface area contributed by atoms with Gasteiger partial charge in [-0.25, -0.2) is 14.4 Å². The quantitative estimate of drug-likeness (QED) is 0.264. The van der Waals surface area contributed by atoms with Crippen molar-refractivity contribution < 1.29 is 48.0 Å². The van der Waals surface area contributed by atoms with E-state index in [0.717, 1.165) is 46.0 Å². The number of carbonyl (C=O) groups excluding carboxylic acids is 4. The van der Waals surface area contributed by atoms with Gasteiger partial charge in [-0.1, -0.05) is 32.3 Å². The van der Waals surface area contributed by atoms with Crippen molar-refractivity contribution in [3.63, 3.8) is 0 Å². The number of hydrogen-bond acceptors (Lipinski definition) is 9. The van der Waals surface area contributed by atoms with Crippen LogP contribution in [0.5, 0.6) is 11.5 Å². The highest BCUT2D eigenvalue weighted by molar-refractivity contribution is 6.22. The van der Waals surface area contributed by atoms with Gasteiger partial charge in [-0.15, -0.1) is 0 Å². The van der Waals surface area contributed by atoms with Crippen LogP contribution in [0.1, 0.15) is 64.0 Å². The minimum atomic E-state index is -1.18. The molecular weight excluding hydrogens is 460 g/mol. The Hall–Kier alpha value is -3.95. The van der Waals surface area contributed by atoms with Crippen LogP contribution in [0.15, 0.2) is 24.3 Å². The molecule has 0 saturated heterocycles. The highest BCUT2D eigenvalue weighted by atomic mass is 16.6. The first-order valence-corrected chi connectivity index (χ1v) is 11.1. The Bertz CT molecular complexity index is 1060. The van der Waals surface area contributed by atoms with Gasteiger partial charge >= 0.3 is 29.8 Å². The summed E-state index contributed by atoms with van der Waals surface area (Å²) in [5.74, 6) is -4.92. The van der Waals surface area contributed by atoms with Crippen LogP contribution >= 0.6 is 0 Å². The first-order valence-electron chi connectivity index (χ1n) is 11.1. The first kappa shape index (κ1) is 27.3. The van der Waals surface area contributed by atoms with Crippen LogP contribution in [0.2, 0.25) is 0 Å². The third-order valence-electron chi connectivity index (χ3n) is 4.87. The smallest absolute Gasteiger partial charge is 0.349 e. The summed E-state index contributed by atoms with van der Waals surface area (Å²) < 4.78 is 19.7. The Balaban J connectivity index is 2.41. The third kappa shape index (κ3) is 8.40. The molecule has 2 rings (SSSR count). The Morgan fingerprint density at radius 1 is 0.829 bits per heavy atom. The number of unbranched alkanes of at least 4 members (excludes halogenated alkanes) is 4. The van der Waals surface area contributed by atoms with Gasteiger partial charge in [-0.2, -0.15) is 0 Å². The van der Waals surface area contributed by atoms with E-state index in [1.807, 2.05) is 6.08 Å². The van der Waals surface area contributed by atoms with Crippen LogP contribution in [-0.4, -0.2) is 48.2 Å². The molecule has 0 atom stereocenters. The molecule has 0 fully saturated rings. The van der Waals surface area contributed by atoms with E-state index in [9.17, 15) is 29.1 Å². The molecule has 1 aliphatic carbocycles. The average Bonchev–Trinajstić information content (AvgIpc) is 3.14. The van der Waals surface area contributed by atoms with Gasteiger partial charge in [0, 0.05) is 19.4 Å². The molecule has 0 unspecified atom stereocenters. The van der Waals surface area contributed by atoms with Crippen molar-refractivity contribution in [2.45, 2.75) is 52.9 Å². The normalized spacial score (nSPS) is 13.0. The Morgan fingerprint density at radius 2 is 1.37 bits per heavy atom. The van der Waals surface area contributed by atoms with E-state index in [2.05, 4.69) is 16.4 Å². The van der Waals surface area contributed by atoms with E-state index in [-0.39, 0.29) is 22.6 Å². The fourth-order valence-electron chi connectivity index (χ4n) is 3.29. The minimum absolute atomic E-state index is 0.0186. The van der Waals surface area contributed by atoms with E-state index in [0.29, 0.717) is 11.1 Å². The summed E-state index contributed by atoms with van der Waals surface area (Å²) in [4.78, 5) is 58.1. The lowest BCUT2D eigenvalue weighted by atomic mass is 10.0. The first-order chi connectivity index (χ1) is 16.6. The largest absolute Gasteiger partial charge is 0.478 e. The third-order valence-corrected chi connectivity index (χ3v) is 4.87. The van der Waals surface area contributed by atoms with Gasteiger partial charge in [0.15, 0.2) is 24.7 Å². The number of carboxylic acid groups (broad SMARTS) is 1. The second kappa shape index (κ2) is 13.1. The number of hydrogen-bond donors (Lipinski definition) is 1. The van der Waals surface area contributed by atoms with Gasteiger partial charge in [0.1, 0.15) is 0 Å². The van der Waals surface area contributed by atoms with E-state index in [1.54, 1.807) is 0 Å². The Labute approximate surface area is 202 Å². The molecule has 1 aromatic carbocycles. The number of rotatable bonds is 12. The van der Waals surface area contributed by atoms with Crippen LogP contribution in [0.3, 0.4) is 0 Å². The number of carbonyl (C=O) groups is 5. The van der Waals surface area contributed by atoms with E-state index >= 15 is 0 Å². The van der Waals surface area contributed by atoms with Crippen LogP contribution < -0.4 is 9.47 Å². The molecule has 1 N–H and O–H groups in total.